The molecule has 0 spiro atoms. The van der Waals surface area contributed by atoms with E-state index in [2.05, 4.69) is 6.92 Å². The van der Waals surface area contributed by atoms with Crippen molar-refractivity contribution in [3.8, 4) is 5.75 Å². The third-order valence-electron chi connectivity index (χ3n) is 7.23. The van der Waals surface area contributed by atoms with Crippen molar-refractivity contribution >= 4 is 16.8 Å². The lowest BCUT2D eigenvalue weighted by molar-refractivity contribution is -0.152. The third kappa shape index (κ3) is 3.21. The van der Waals surface area contributed by atoms with E-state index in [1.807, 2.05) is 32.9 Å². The Balaban J connectivity index is 1.63. The number of rotatable bonds is 3. The molecule has 0 radical (unpaired) electrons. The zero-order valence-electron chi connectivity index (χ0n) is 17.4. The Labute approximate surface area is 170 Å². The number of fused-ring (bicyclic) bond motifs is 2. The Morgan fingerprint density at radius 3 is 2.66 bits per heavy atom. The van der Waals surface area contributed by atoms with E-state index in [1.165, 1.54) is 6.07 Å². The summed E-state index contributed by atoms with van der Waals surface area (Å²) in [5.41, 5.74) is 0.367. The third-order valence-corrected chi connectivity index (χ3v) is 7.23. The SMILES string of the molecule is CC1=CC(=O)[C@@H]2C(C)(C)[C@H](O)CC[C@]2(C)[C@H]1COc1ccc2ccc(=O)oc2c1. The molecule has 154 valence electrons. The summed E-state index contributed by atoms with van der Waals surface area (Å²) in [6.07, 6.45) is 2.71. The van der Waals surface area contributed by atoms with Crippen LogP contribution in [0.3, 0.4) is 0 Å². The number of hydrogen-bond acceptors (Lipinski definition) is 5. The predicted molar refractivity (Wildman–Crippen MR) is 111 cm³/mol. The van der Waals surface area contributed by atoms with Crippen LogP contribution in [0, 0.1) is 22.7 Å². The lowest BCUT2D eigenvalue weighted by Gasteiger charge is -2.57. The van der Waals surface area contributed by atoms with Gasteiger partial charge >= 0.3 is 5.63 Å². The average molecular weight is 396 g/mol. The van der Waals surface area contributed by atoms with E-state index in [1.54, 1.807) is 18.2 Å². The fourth-order valence-corrected chi connectivity index (χ4v) is 5.63. The number of benzene rings is 1. The molecule has 1 aromatic carbocycles. The van der Waals surface area contributed by atoms with Crippen LogP contribution < -0.4 is 10.4 Å². The van der Waals surface area contributed by atoms with Gasteiger partial charge in [0.1, 0.15) is 11.3 Å². The molecule has 29 heavy (non-hydrogen) atoms. The highest BCUT2D eigenvalue weighted by Crippen LogP contribution is 2.58. The number of hydrogen-bond donors (Lipinski definition) is 1. The molecular weight excluding hydrogens is 368 g/mol. The molecule has 4 rings (SSSR count). The monoisotopic (exact) mass is 396 g/mol. The summed E-state index contributed by atoms with van der Waals surface area (Å²) in [5.74, 6) is 0.561. The molecule has 0 bridgehead atoms. The van der Waals surface area contributed by atoms with Crippen LogP contribution in [0.2, 0.25) is 0 Å². The van der Waals surface area contributed by atoms with E-state index in [9.17, 15) is 14.7 Å². The van der Waals surface area contributed by atoms with Crippen molar-refractivity contribution < 1.29 is 19.1 Å². The molecule has 5 nitrogen and oxygen atoms in total. The van der Waals surface area contributed by atoms with E-state index in [4.69, 9.17) is 9.15 Å². The van der Waals surface area contributed by atoms with Crippen LogP contribution in [0.1, 0.15) is 40.5 Å². The van der Waals surface area contributed by atoms with Crippen LogP contribution in [0.5, 0.6) is 5.75 Å². The van der Waals surface area contributed by atoms with Crippen LogP contribution in [-0.4, -0.2) is 23.6 Å². The highest BCUT2D eigenvalue weighted by atomic mass is 16.5. The largest absolute Gasteiger partial charge is 0.493 e. The molecule has 0 unspecified atom stereocenters. The minimum Gasteiger partial charge on any atom is -0.493 e. The van der Waals surface area contributed by atoms with Gasteiger partial charge in [-0.3, -0.25) is 4.79 Å². The average Bonchev–Trinajstić information content (AvgIpc) is 2.64. The van der Waals surface area contributed by atoms with E-state index >= 15 is 0 Å². The molecule has 2 aliphatic carbocycles. The maximum atomic E-state index is 12.9. The van der Waals surface area contributed by atoms with Crippen molar-refractivity contribution in [3.05, 3.63) is 52.4 Å². The number of allylic oxidation sites excluding steroid dienone is 1. The van der Waals surface area contributed by atoms with Crippen molar-refractivity contribution in [2.24, 2.45) is 22.7 Å². The number of carbonyl (C=O) groups excluding carboxylic acids is 1. The number of aliphatic hydroxyl groups excluding tert-OH is 1. The van der Waals surface area contributed by atoms with Crippen molar-refractivity contribution in [1.29, 1.82) is 0 Å². The fourth-order valence-electron chi connectivity index (χ4n) is 5.63. The summed E-state index contributed by atoms with van der Waals surface area (Å²) in [6.45, 7) is 8.57. The number of ketones is 1. The molecule has 1 N–H and O–H groups in total. The zero-order valence-corrected chi connectivity index (χ0v) is 17.4. The lowest BCUT2D eigenvalue weighted by Crippen LogP contribution is -2.58. The number of aliphatic hydroxyl groups is 1. The van der Waals surface area contributed by atoms with Gasteiger partial charge in [0, 0.05) is 34.8 Å². The maximum absolute atomic E-state index is 12.9. The first-order chi connectivity index (χ1) is 13.6. The second-order valence-corrected chi connectivity index (χ2v) is 9.42. The lowest BCUT2D eigenvalue weighted by atomic mass is 9.47. The Morgan fingerprint density at radius 2 is 1.90 bits per heavy atom. The molecule has 2 aliphatic rings. The Kier molecular flexibility index (Phi) is 4.69. The molecule has 1 heterocycles. The van der Waals surface area contributed by atoms with E-state index in [0.717, 1.165) is 17.4 Å². The van der Waals surface area contributed by atoms with Crippen molar-refractivity contribution in [2.45, 2.75) is 46.6 Å². The first kappa shape index (κ1) is 19.9. The minimum atomic E-state index is -0.485. The van der Waals surface area contributed by atoms with Gasteiger partial charge in [0.15, 0.2) is 5.78 Å². The summed E-state index contributed by atoms with van der Waals surface area (Å²) in [6, 6.07) is 8.59. The molecule has 4 atom stereocenters. The molecule has 1 fully saturated rings. The standard InChI is InChI=1S/C24H28O5/c1-14-11-18(25)22-23(2,3)20(26)9-10-24(22,4)17(14)13-28-16-7-5-15-6-8-21(27)29-19(15)12-16/h5-8,11-12,17,20,22,26H,9-10,13H2,1-4H3/t17-,20+,22+,24+/m0/s1. The van der Waals surface area contributed by atoms with Crippen LogP contribution in [0.4, 0.5) is 0 Å². The Hall–Kier alpha value is -2.40. The summed E-state index contributed by atoms with van der Waals surface area (Å²) in [7, 11) is 0. The maximum Gasteiger partial charge on any atom is 0.336 e. The molecule has 2 aromatic rings. The van der Waals surface area contributed by atoms with Crippen molar-refractivity contribution in [2.75, 3.05) is 6.61 Å². The van der Waals surface area contributed by atoms with Gasteiger partial charge in [-0.05, 0) is 49.5 Å². The van der Waals surface area contributed by atoms with Gasteiger partial charge in [-0.25, -0.2) is 4.79 Å². The van der Waals surface area contributed by atoms with Crippen LogP contribution in [-0.2, 0) is 4.79 Å². The van der Waals surface area contributed by atoms with Gasteiger partial charge in [-0.1, -0.05) is 26.3 Å². The second kappa shape index (κ2) is 6.84. The molecule has 0 amide bonds. The predicted octanol–water partition coefficient (Wildman–Crippen LogP) is 4.12. The van der Waals surface area contributed by atoms with Gasteiger partial charge < -0.3 is 14.3 Å². The molecule has 0 aliphatic heterocycles. The first-order valence-corrected chi connectivity index (χ1v) is 10.2. The highest BCUT2D eigenvalue weighted by molar-refractivity contribution is 5.95. The van der Waals surface area contributed by atoms with Crippen molar-refractivity contribution in [3.63, 3.8) is 0 Å². The topological polar surface area (TPSA) is 76.7 Å². The highest BCUT2D eigenvalue weighted by Gasteiger charge is 2.58. The van der Waals surface area contributed by atoms with Gasteiger partial charge in [0.25, 0.3) is 0 Å². The molecule has 1 aromatic heterocycles. The van der Waals surface area contributed by atoms with Crippen LogP contribution in [0.15, 0.2) is 51.2 Å². The summed E-state index contributed by atoms with van der Waals surface area (Å²) >= 11 is 0. The van der Waals surface area contributed by atoms with E-state index in [-0.39, 0.29) is 23.0 Å². The Bertz CT molecular complexity index is 1050. The molecule has 5 heteroatoms. The summed E-state index contributed by atoms with van der Waals surface area (Å²) < 4.78 is 11.4. The number of carbonyl (C=O) groups is 1. The van der Waals surface area contributed by atoms with Gasteiger partial charge in [0.2, 0.25) is 0 Å². The van der Waals surface area contributed by atoms with Crippen LogP contribution in [0.25, 0.3) is 11.0 Å². The molecular formula is C24H28O5. The Morgan fingerprint density at radius 1 is 1.17 bits per heavy atom. The van der Waals surface area contributed by atoms with Gasteiger partial charge in [0.05, 0.1) is 12.7 Å². The quantitative estimate of drug-likeness (QED) is 0.790. The molecule has 0 saturated heterocycles. The minimum absolute atomic E-state index is 0.0652. The van der Waals surface area contributed by atoms with E-state index < -0.39 is 17.1 Å². The van der Waals surface area contributed by atoms with Crippen LogP contribution >= 0.6 is 0 Å². The summed E-state index contributed by atoms with van der Waals surface area (Å²) in [5, 5.41) is 11.4. The van der Waals surface area contributed by atoms with Gasteiger partial charge in [-0.2, -0.15) is 0 Å². The fraction of sp³-hybridized carbons (Fsp3) is 0.500. The smallest absolute Gasteiger partial charge is 0.336 e. The van der Waals surface area contributed by atoms with E-state index in [0.29, 0.717) is 24.4 Å². The molecule has 1 saturated carbocycles. The second-order valence-electron chi connectivity index (χ2n) is 9.42. The van der Waals surface area contributed by atoms with Crippen molar-refractivity contribution in [1.82, 2.24) is 0 Å². The zero-order chi connectivity index (χ0) is 21.0. The normalized spacial score (nSPS) is 31.3. The summed E-state index contributed by atoms with van der Waals surface area (Å²) in [4.78, 5) is 24.4. The van der Waals surface area contributed by atoms with Gasteiger partial charge in [-0.15, -0.1) is 0 Å². The first-order valence-electron chi connectivity index (χ1n) is 10.2. The number of ether oxygens (including phenoxy) is 1.